The highest BCUT2D eigenvalue weighted by molar-refractivity contribution is 7.89. The summed E-state index contributed by atoms with van der Waals surface area (Å²) in [5, 5.41) is 7.59. The number of sulfonamides is 1. The van der Waals surface area contributed by atoms with E-state index in [9.17, 15) is 8.42 Å². The summed E-state index contributed by atoms with van der Waals surface area (Å²) < 4.78 is 29.1. The summed E-state index contributed by atoms with van der Waals surface area (Å²) in [5.74, 6) is 0. The molecule has 1 aromatic heterocycles. The predicted octanol–water partition coefficient (Wildman–Crippen LogP) is 1.10. The van der Waals surface area contributed by atoms with Crippen molar-refractivity contribution >= 4 is 10.0 Å². The minimum absolute atomic E-state index is 0.119. The smallest absolute Gasteiger partial charge is 0.246 e. The highest BCUT2D eigenvalue weighted by Gasteiger charge is 2.40. The summed E-state index contributed by atoms with van der Waals surface area (Å²) in [6, 6.07) is 1.09. The van der Waals surface area contributed by atoms with Crippen LogP contribution in [0, 0.1) is 0 Å². The molecule has 2 aliphatic heterocycles. The first-order chi connectivity index (χ1) is 10.0. The zero-order valence-corrected chi connectivity index (χ0v) is 13.5. The summed E-state index contributed by atoms with van der Waals surface area (Å²) in [5.41, 5.74) is 0. The number of piperidine rings is 1. The van der Waals surface area contributed by atoms with Crippen LogP contribution in [-0.4, -0.2) is 47.2 Å². The third-order valence-electron chi connectivity index (χ3n) is 4.59. The number of hydrogen-bond donors (Lipinski definition) is 1. The van der Waals surface area contributed by atoms with Gasteiger partial charge in [-0.3, -0.25) is 4.68 Å². The van der Waals surface area contributed by atoms with Crippen molar-refractivity contribution in [1.82, 2.24) is 19.4 Å². The molecule has 7 heteroatoms. The minimum atomic E-state index is -3.44. The molecule has 2 saturated heterocycles. The van der Waals surface area contributed by atoms with Crippen LogP contribution < -0.4 is 5.32 Å². The molecule has 1 N–H and O–H groups in total. The standard InChI is InChI=1S/C14H24N4O2S/c1-3-6-18(13-7-11-4-5-12(8-13)16-11)21(19,20)14-9-15-17(2)10-14/h9-13,16H,3-8H2,1-2H3. The van der Waals surface area contributed by atoms with Gasteiger partial charge < -0.3 is 5.32 Å². The van der Waals surface area contributed by atoms with Gasteiger partial charge >= 0.3 is 0 Å². The number of aromatic nitrogens is 2. The van der Waals surface area contributed by atoms with Gasteiger partial charge in [-0.15, -0.1) is 0 Å². The van der Waals surface area contributed by atoms with Crippen LogP contribution >= 0.6 is 0 Å². The van der Waals surface area contributed by atoms with Crippen LogP contribution in [0.1, 0.15) is 39.0 Å². The van der Waals surface area contributed by atoms with Crippen molar-refractivity contribution < 1.29 is 8.42 Å². The number of fused-ring (bicyclic) bond motifs is 2. The topological polar surface area (TPSA) is 67.2 Å². The molecule has 2 bridgehead atoms. The molecule has 3 heterocycles. The van der Waals surface area contributed by atoms with Gasteiger partial charge in [-0.2, -0.15) is 9.40 Å². The van der Waals surface area contributed by atoms with Gasteiger partial charge in [-0.05, 0) is 32.1 Å². The molecule has 0 radical (unpaired) electrons. The fourth-order valence-corrected chi connectivity index (χ4v) is 5.37. The molecule has 118 valence electrons. The maximum Gasteiger partial charge on any atom is 0.246 e. The SMILES string of the molecule is CCCN(C1CC2CCC(C1)N2)S(=O)(=O)c1cnn(C)c1. The van der Waals surface area contributed by atoms with E-state index in [-0.39, 0.29) is 6.04 Å². The second kappa shape index (κ2) is 5.70. The Kier molecular flexibility index (Phi) is 4.07. The zero-order chi connectivity index (χ0) is 15.0. The molecule has 0 saturated carbocycles. The molecule has 2 fully saturated rings. The average Bonchev–Trinajstić information content (AvgIpc) is 3.02. The van der Waals surface area contributed by atoms with Crippen LogP contribution in [0.3, 0.4) is 0 Å². The second-order valence-electron chi connectivity index (χ2n) is 6.23. The molecule has 0 amide bonds. The van der Waals surface area contributed by atoms with Crippen LogP contribution in [0.25, 0.3) is 0 Å². The quantitative estimate of drug-likeness (QED) is 0.884. The molecule has 0 aromatic carbocycles. The lowest BCUT2D eigenvalue weighted by molar-refractivity contribution is 0.226. The number of aryl methyl sites for hydroxylation is 1. The van der Waals surface area contributed by atoms with Crippen molar-refractivity contribution in [2.24, 2.45) is 7.05 Å². The molecule has 0 aliphatic carbocycles. The Morgan fingerprint density at radius 1 is 1.38 bits per heavy atom. The van der Waals surface area contributed by atoms with Crippen LogP contribution in [-0.2, 0) is 17.1 Å². The number of hydrogen-bond acceptors (Lipinski definition) is 4. The van der Waals surface area contributed by atoms with E-state index in [0.29, 0.717) is 23.5 Å². The van der Waals surface area contributed by atoms with E-state index < -0.39 is 10.0 Å². The van der Waals surface area contributed by atoms with E-state index in [4.69, 9.17) is 0 Å². The number of nitrogens with zero attached hydrogens (tertiary/aromatic N) is 3. The number of nitrogens with one attached hydrogen (secondary N) is 1. The lowest BCUT2D eigenvalue weighted by Crippen LogP contribution is -2.50. The molecule has 1 aromatic rings. The Bertz CT molecular complexity index is 586. The second-order valence-corrected chi connectivity index (χ2v) is 8.12. The zero-order valence-electron chi connectivity index (χ0n) is 12.7. The van der Waals surface area contributed by atoms with Gasteiger partial charge in [0.05, 0.1) is 6.20 Å². The molecule has 2 unspecified atom stereocenters. The van der Waals surface area contributed by atoms with E-state index >= 15 is 0 Å². The van der Waals surface area contributed by atoms with Gasteiger partial charge in [0.1, 0.15) is 4.90 Å². The Hall–Kier alpha value is -0.920. The van der Waals surface area contributed by atoms with Gasteiger partial charge in [-0.1, -0.05) is 6.92 Å². The highest BCUT2D eigenvalue weighted by Crippen LogP contribution is 2.32. The Balaban J connectivity index is 1.87. The van der Waals surface area contributed by atoms with E-state index in [1.54, 1.807) is 22.2 Å². The van der Waals surface area contributed by atoms with Crippen molar-refractivity contribution in [3.63, 3.8) is 0 Å². The minimum Gasteiger partial charge on any atom is -0.311 e. The molecular formula is C14H24N4O2S. The maximum atomic E-state index is 12.9. The fraction of sp³-hybridized carbons (Fsp3) is 0.786. The summed E-state index contributed by atoms with van der Waals surface area (Å²) in [6.07, 6.45) is 8.08. The van der Waals surface area contributed by atoms with Crippen LogP contribution in [0.4, 0.5) is 0 Å². The molecule has 2 atom stereocenters. The first kappa shape index (κ1) is 15.0. The molecule has 2 aliphatic rings. The van der Waals surface area contributed by atoms with Crippen molar-refractivity contribution in [2.45, 2.75) is 62.0 Å². The maximum absolute atomic E-state index is 12.9. The van der Waals surface area contributed by atoms with E-state index in [1.165, 1.54) is 19.0 Å². The molecular weight excluding hydrogens is 288 g/mol. The summed E-state index contributed by atoms with van der Waals surface area (Å²) in [4.78, 5) is 0.310. The fourth-order valence-electron chi connectivity index (χ4n) is 3.65. The molecule has 3 rings (SSSR count). The summed E-state index contributed by atoms with van der Waals surface area (Å²) in [6.45, 7) is 2.61. The van der Waals surface area contributed by atoms with Gasteiger partial charge in [0.25, 0.3) is 0 Å². The summed E-state index contributed by atoms with van der Waals surface area (Å²) >= 11 is 0. The van der Waals surface area contributed by atoms with Crippen molar-refractivity contribution in [2.75, 3.05) is 6.54 Å². The van der Waals surface area contributed by atoms with Crippen molar-refractivity contribution in [3.05, 3.63) is 12.4 Å². The number of rotatable bonds is 5. The Morgan fingerprint density at radius 2 is 2.05 bits per heavy atom. The van der Waals surface area contributed by atoms with E-state index in [1.807, 2.05) is 6.92 Å². The van der Waals surface area contributed by atoms with Gasteiger partial charge in [0, 0.05) is 37.9 Å². The first-order valence-corrected chi connectivity index (χ1v) is 9.21. The predicted molar refractivity (Wildman–Crippen MR) is 80.4 cm³/mol. The molecule has 21 heavy (non-hydrogen) atoms. The van der Waals surface area contributed by atoms with Gasteiger partial charge in [-0.25, -0.2) is 8.42 Å². The third kappa shape index (κ3) is 2.86. The first-order valence-electron chi connectivity index (χ1n) is 7.77. The third-order valence-corrected chi connectivity index (χ3v) is 6.49. The lowest BCUT2D eigenvalue weighted by Gasteiger charge is -2.36. The molecule has 6 nitrogen and oxygen atoms in total. The van der Waals surface area contributed by atoms with E-state index in [2.05, 4.69) is 10.4 Å². The van der Waals surface area contributed by atoms with Crippen LogP contribution in [0.2, 0.25) is 0 Å². The Labute approximate surface area is 126 Å². The monoisotopic (exact) mass is 312 g/mol. The van der Waals surface area contributed by atoms with Gasteiger partial charge in [0.15, 0.2) is 0 Å². The highest BCUT2D eigenvalue weighted by atomic mass is 32.2. The van der Waals surface area contributed by atoms with Gasteiger partial charge in [0.2, 0.25) is 10.0 Å². The largest absolute Gasteiger partial charge is 0.311 e. The van der Waals surface area contributed by atoms with Crippen LogP contribution in [0.5, 0.6) is 0 Å². The lowest BCUT2D eigenvalue weighted by atomic mass is 10.00. The van der Waals surface area contributed by atoms with Crippen LogP contribution in [0.15, 0.2) is 17.3 Å². The average molecular weight is 312 g/mol. The molecule has 0 spiro atoms. The van der Waals surface area contributed by atoms with E-state index in [0.717, 1.165) is 19.3 Å². The Morgan fingerprint density at radius 3 is 2.57 bits per heavy atom. The summed E-state index contributed by atoms with van der Waals surface area (Å²) in [7, 11) is -1.69. The van der Waals surface area contributed by atoms with Crippen molar-refractivity contribution in [1.29, 1.82) is 0 Å². The van der Waals surface area contributed by atoms with Crippen molar-refractivity contribution in [3.8, 4) is 0 Å². The normalized spacial score (nSPS) is 29.2.